The van der Waals surface area contributed by atoms with Crippen LogP contribution in [0.1, 0.15) is 566 Å². The first-order valence-electron chi connectivity index (χ1n) is 57.6. The van der Waals surface area contributed by atoms with Gasteiger partial charge < -0.3 is 40.9 Å². The molecule has 14 rings (SSSR count). The number of halogens is 3. The molecule has 14 aliphatic rings. The molecule has 13 heteroatoms. The third-order valence-corrected chi connectivity index (χ3v) is 38.2. The largest absolute Gasteiger partial charge is 0.481 e. The standard InChI is InChI=1S/C12H24.C11H22O.C10H18O2.C10H20O.3C9H18O.C8H13F3.C8H14O2.C8H16O.2C8H16.2C7H14/c1-4-5-11-6-8-12(9-7-11)10(2)3;1-10(2,3)9-5-7-11(4,12)8-6-9;1-7(2)8-3-5-9(6-4-8)10(11)12;1-10(2,3)8-6-4-5-7-9(8)11;1-9(2,3)7-4-5-8(10)6-7;1-9(2,3)7-5-4-6-8(7)10;1-7(2)8-3-5-9(10)6-4-8;1-6(2,3)7(4-5-7)8(9,10)11;1-7(2,3)8(4-5-8)6(9)10;1-7(2,3)8(6-9)4-5-8;1-8(2,3)7-5-4-6-7;1-7(2)8(3)5-4-6-8;1-7(2,3)6-4-5-6;1-6(2)7(3)4-5-7/h10-12H,4-9H2,1-3H3;9,12H,5-8H2,1-4H3;7-9H,3-6H2,1-2H3,(H,11,12);8-9,11H,4-7H2,1-3H3;2*7-8,10H,4-6H2,1-3H3;7-10H,3-6H2,1-2H3;4-5H2,1-3H3;4-5H2,1-3H3,(H,9,10);9H,4-6H2,1-3H3;2*7H,4-6H2,1-3H3;2*6H,4-5H2,1-3H3. The van der Waals surface area contributed by atoms with Crippen LogP contribution >= 0.6 is 0 Å². The lowest BCUT2D eigenvalue weighted by atomic mass is 9.64. The van der Waals surface area contributed by atoms with Gasteiger partial charge in [0, 0.05) is 6.61 Å². The molecule has 14 saturated carbocycles. The van der Waals surface area contributed by atoms with Crippen LogP contribution in [0.25, 0.3) is 0 Å². The first-order valence-corrected chi connectivity index (χ1v) is 57.6. The molecule has 14 fully saturated rings. The number of carboxylic acid groups (broad SMARTS) is 2. The van der Waals surface area contributed by atoms with E-state index in [1.807, 2.05) is 27.7 Å². The van der Waals surface area contributed by atoms with E-state index in [0.717, 1.165) is 178 Å². The highest BCUT2D eigenvalue weighted by atomic mass is 19.4. The lowest BCUT2D eigenvalue weighted by molar-refractivity contribution is -0.215. The number of carbonyl (C=O) groups is 2. The molecule has 0 bridgehead atoms. The van der Waals surface area contributed by atoms with Crippen molar-refractivity contribution < 1.29 is 63.6 Å². The number of hydrogen-bond donors (Lipinski definition) is 8. The SMILES string of the molecule is CC(C)(C)C1(C(=O)O)CC1.CC(C)(C)C1(C(F)(F)F)CC1.CC(C)(C)C1(CO)CC1.CC(C)(C)C1CC1.CC(C)(C)C1CCC(O)C1.CC(C)(C)C1CCC1.CC(C)(C)C1CCCC1O.CC(C)(C)C1CCCCC1O.CC(C)C1(C)CC1.CC(C)C1(C)CCC1.CC(C)C1CCC(C(=O)O)CC1.CC(C)C1CCC(O)CC1.CC1(O)CCC(C(C)(C)C)CC1.CCCC1CCC(C(C)C)CC1. The minimum absolute atomic E-state index is 0.00926. The average Bonchev–Trinajstić information content (AvgIpc) is 1.57. The molecule has 8 N–H and O–H groups in total. The zero-order valence-electron chi connectivity index (χ0n) is 98.9. The molecule has 0 radical (unpaired) electrons. The summed E-state index contributed by atoms with van der Waals surface area (Å²) in [6.07, 6.45) is 48.6. The summed E-state index contributed by atoms with van der Waals surface area (Å²) in [5.74, 6) is 11.4. The van der Waals surface area contributed by atoms with Crippen LogP contribution in [0.5, 0.6) is 0 Å². The van der Waals surface area contributed by atoms with E-state index in [1.165, 1.54) is 180 Å². The van der Waals surface area contributed by atoms with Crippen LogP contribution in [0.3, 0.4) is 0 Å². The maximum atomic E-state index is 12.4. The highest BCUT2D eigenvalue weighted by Gasteiger charge is 2.69. The molecule has 0 saturated heterocycles. The van der Waals surface area contributed by atoms with Gasteiger partial charge in [-0.05, 0) is 385 Å². The molecule has 0 spiro atoms. The summed E-state index contributed by atoms with van der Waals surface area (Å²) in [6.45, 7) is 91.1. The maximum absolute atomic E-state index is 12.4. The third kappa shape index (κ3) is 49.0. The number of hydrogen-bond acceptors (Lipinski definition) is 8. The van der Waals surface area contributed by atoms with E-state index >= 15 is 0 Å². The van der Waals surface area contributed by atoms with Gasteiger partial charge in [0.1, 0.15) is 0 Å². The van der Waals surface area contributed by atoms with Gasteiger partial charge in [-0.2, -0.15) is 13.2 Å². The molecular formula is C124H241F3O10. The monoisotopic (exact) mass is 1950 g/mol. The van der Waals surface area contributed by atoms with Crippen LogP contribution in [0, 0.1) is 170 Å². The molecule has 14 aliphatic carbocycles. The van der Waals surface area contributed by atoms with E-state index in [0.29, 0.717) is 69.2 Å². The highest BCUT2D eigenvalue weighted by Crippen LogP contribution is 2.67. The molecule has 0 aliphatic heterocycles. The molecule has 10 nitrogen and oxygen atoms in total. The summed E-state index contributed by atoms with van der Waals surface area (Å²) >= 11 is 0. The number of carboxylic acids is 2. The second-order valence-corrected chi connectivity index (χ2v) is 59.5. The quantitative estimate of drug-likeness (QED) is 0.104. The van der Waals surface area contributed by atoms with Crippen molar-refractivity contribution in [3.63, 3.8) is 0 Å². The Labute approximate surface area is 850 Å². The van der Waals surface area contributed by atoms with E-state index in [-0.39, 0.29) is 46.8 Å². The Morgan fingerprint density at radius 2 is 0.679 bits per heavy atom. The Hall–Kier alpha value is -1.51. The van der Waals surface area contributed by atoms with Crippen molar-refractivity contribution >= 4 is 11.9 Å². The predicted molar refractivity (Wildman–Crippen MR) is 583 cm³/mol. The number of rotatable bonds is 10. The second-order valence-electron chi connectivity index (χ2n) is 59.5. The van der Waals surface area contributed by atoms with Crippen LogP contribution in [0.4, 0.5) is 13.2 Å². The van der Waals surface area contributed by atoms with Crippen molar-refractivity contribution in [2.24, 2.45) is 170 Å². The Kier molecular flexibility index (Phi) is 55.3. The Morgan fingerprint density at radius 1 is 0.343 bits per heavy atom. The van der Waals surface area contributed by atoms with Crippen LogP contribution in [0.2, 0.25) is 0 Å². The van der Waals surface area contributed by atoms with Gasteiger partial charge in [0.2, 0.25) is 0 Å². The number of aliphatic hydroxyl groups is 6. The molecule has 0 heterocycles. The third-order valence-electron chi connectivity index (χ3n) is 38.2. The van der Waals surface area contributed by atoms with Crippen LogP contribution in [-0.4, -0.2) is 95.6 Å². The van der Waals surface area contributed by atoms with Gasteiger partial charge in [-0.25, -0.2) is 0 Å². The van der Waals surface area contributed by atoms with Crippen molar-refractivity contribution in [3.05, 3.63) is 0 Å². The minimum atomic E-state index is -4.01. The Bertz CT molecular complexity index is 3160. The summed E-state index contributed by atoms with van der Waals surface area (Å²) < 4.78 is 37.2. The zero-order valence-corrected chi connectivity index (χ0v) is 98.9. The molecule has 0 aromatic heterocycles. The maximum Gasteiger partial charge on any atom is 0.395 e. The van der Waals surface area contributed by atoms with E-state index in [2.05, 4.69) is 235 Å². The van der Waals surface area contributed by atoms with E-state index < -0.39 is 34.4 Å². The number of alkyl halides is 3. The lowest BCUT2D eigenvalue weighted by Gasteiger charge is -2.42. The molecule has 6 atom stereocenters. The molecule has 137 heavy (non-hydrogen) atoms. The van der Waals surface area contributed by atoms with Gasteiger partial charge in [-0.1, -0.05) is 335 Å². The first-order chi connectivity index (χ1) is 62.0. The van der Waals surface area contributed by atoms with E-state index in [9.17, 15) is 48.3 Å². The van der Waals surface area contributed by atoms with E-state index in [4.69, 9.17) is 15.3 Å². The number of aliphatic hydroxyl groups excluding tert-OH is 5. The predicted octanol–water partition coefficient (Wildman–Crippen LogP) is 36.5. The fourth-order valence-corrected chi connectivity index (χ4v) is 22.9. The normalized spacial score (nSPS) is 29.5. The van der Waals surface area contributed by atoms with Crippen molar-refractivity contribution in [1.82, 2.24) is 0 Å². The number of aliphatic carboxylic acids is 2. The zero-order chi connectivity index (χ0) is 107. The minimum Gasteiger partial charge on any atom is -0.481 e. The van der Waals surface area contributed by atoms with Crippen molar-refractivity contribution in [2.75, 3.05) is 6.61 Å². The molecule has 0 amide bonds. The topological polar surface area (TPSA) is 196 Å². The summed E-state index contributed by atoms with van der Waals surface area (Å²) in [5, 5.41) is 74.1. The van der Waals surface area contributed by atoms with Crippen molar-refractivity contribution in [3.8, 4) is 0 Å². The Balaban J connectivity index is 0.000000740. The second kappa shape index (κ2) is 56.8. The van der Waals surface area contributed by atoms with Gasteiger partial charge in [-0.15, -0.1) is 0 Å². The fraction of sp³-hybridized carbons (Fsp3) is 0.984. The molecule has 0 aromatic carbocycles. The van der Waals surface area contributed by atoms with Gasteiger partial charge in [0.25, 0.3) is 0 Å². The van der Waals surface area contributed by atoms with Crippen molar-refractivity contribution in [2.45, 2.75) is 603 Å². The molecule has 6 unspecified atom stereocenters. The molecular weight excluding hydrogens is 1710 g/mol. The Morgan fingerprint density at radius 3 is 0.839 bits per heavy atom. The first kappa shape index (κ1) is 133. The van der Waals surface area contributed by atoms with Crippen LogP contribution < -0.4 is 0 Å². The fourth-order valence-electron chi connectivity index (χ4n) is 22.9. The molecule has 0 aromatic rings. The van der Waals surface area contributed by atoms with Gasteiger partial charge in [-0.3, -0.25) is 9.59 Å². The highest BCUT2D eigenvalue weighted by molar-refractivity contribution is 5.78. The summed E-state index contributed by atoms with van der Waals surface area (Å²) in [6, 6.07) is 0. The van der Waals surface area contributed by atoms with Crippen LogP contribution in [0.15, 0.2) is 0 Å². The van der Waals surface area contributed by atoms with E-state index in [1.54, 1.807) is 20.8 Å². The van der Waals surface area contributed by atoms with Crippen LogP contribution in [-0.2, 0) is 9.59 Å². The van der Waals surface area contributed by atoms with Gasteiger partial charge in [0.05, 0.1) is 46.8 Å². The molecule has 818 valence electrons. The summed E-state index contributed by atoms with van der Waals surface area (Å²) in [5.41, 5.74) is 1.84. The van der Waals surface area contributed by atoms with Gasteiger partial charge >= 0.3 is 18.1 Å². The smallest absolute Gasteiger partial charge is 0.395 e. The average molecular weight is 1950 g/mol. The van der Waals surface area contributed by atoms with Gasteiger partial charge in [0.15, 0.2) is 0 Å². The summed E-state index contributed by atoms with van der Waals surface area (Å²) in [7, 11) is 0. The lowest BCUT2D eigenvalue weighted by Crippen LogP contribution is -2.36. The van der Waals surface area contributed by atoms with Crippen molar-refractivity contribution in [1.29, 1.82) is 0 Å². The summed E-state index contributed by atoms with van der Waals surface area (Å²) in [4.78, 5) is 21.4.